The van der Waals surface area contributed by atoms with Crippen LogP contribution in [0.4, 0.5) is 0 Å². The molecule has 0 N–H and O–H groups in total. The monoisotopic (exact) mass is 476 g/mol. The largest absolute Gasteiger partial charge is 0.324 e. The third-order valence-corrected chi connectivity index (χ3v) is 7.79. The van der Waals surface area contributed by atoms with Crippen LogP contribution in [0.15, 0.2) is 63.1 Å². The Morgan fingerprint density at radius 1 is 1.07 bits per heavy atom. The first-order valence-corrected chi connectivity index (χ1v) is 12.2. The van der Waals surface area contributed by atoms with Gasteiger partial charge in [0.1, 0.15) is 5.52 Å². The second-order valence-corrected chi connectivity index (χ2v) is 10.2. The summed E-state index contributed by atoms with van der Waals surface area (Å²) in [6.45, 7) is 2.83. The summed E-state index contributed by atoms with van der Waals surface area (Å²) in [5.74, 6) is 0.370. The van der Waals surface area contributed by atoms with Crippen molar-refractivity contribution in [3.05, 3.63) is 53.0 Å². The number of fused-ring (bicyclic) bond motifs is 3. The summed E-state index contributed by atoms with van der Waals surface area (Å²) in [6, 6.07) is 14.7. The predicted molar refractivity (Wildman–Crippen MR) is 115 cm³/mol. The Morgan fingerprint density at radius 3 is 2.57 bits per heavy atom. The molecule has 2 aromatic carbocycles. The SMILES string of the molecule is CCn1c2ccccc2c2nnc(SCCS(=O)(=O)c3ccc(Br)cc3)nc21. The van der Waals surface area contributed by atoms with Crippen LogP contribution in [-0.2, 0) is 16.4 Å². The van der Waals surface area contributed by atoms with E-state index in [1.54, 1.807) is 24.3 Å². The van der Waals surface area contributed by atoms with Gasteiger partial charge in [0.25, 0.3) is 0 Å². The van der Waals surface area contributed by atoms with E-state index in [-0.39, 0.29) is 5.75 Å². The maximum atomic E-state index is 12.5. The molecule has 0 atom stereocenters. The van der Waals surface area contributed by atoms with Crippen molar-refractivity contribution in [2.75, 3.05) is 11.5 Å². The van der Waals surface area contributed by atoms with Gasteiger partial charge in [-0.25, -0.2) is 13.4 Å². The lowest BCUT2D eigenvalue weighted by Gasteiger charge is -2.05. The first kappa shape index (κ1) is 19.4. The van der Waals surface area contributed by atoms with Crippen LogP contribution in [0.25, 0.3) is 22.1 Å². The molecule has 0 radical (unpaired) electrons. The van der Waals surface area contributed by atoms with Crippen LogP contribution in [-0.4, -0.2) is 39.7 Å². The van der Waals surface area contributed by atoms with Crippen molar-refractivity contribution >= 4 is 59.6 Å². The van der Waals surface area contributed by atoms with Crippen LogP contribution in [0.1, 0.15) is 6.92 Å². The number of benzene rings is 2. The summed E-state index contributed by atoms with van der Waals surface area (Å²) in [5.41, 5.74) is 2.61. The molecule has 2 aromatic heterocycles. The predicted octanol–water partition coefficient (Wildman–Crippen LogP) is 4.33. The van der Waals surface area contributed by atoms with E-state index in [0.29, 0.717) is 15.8 Å². The smallest absolute Gasteiger partial charge is 0.211 e. The highest BCUT2D eigenvalue weighted by Gasteiger charge is 2.16. The Hall–Kier alpha value is -1.97. The van der Waals surface area contributed by atoms with Crippen LogP contribution in [0.5, 0.6) is 0 Å². The molecule has 0 unspecified atom stereocenters. The van der Waals surface area contributed by atoms with Gasteiger partial charge in [-0.2, -0.15) is 0 Å². The molecule has 6 nitrogen and oxygen atoms in total. The standard InChI is InChI=1S/C19H17BrN4O2S2/c1-2-24-16-6-4-3-5-15(16)17-18(24)21-19(23-22-17)27-11-12-28(25,26)14-9-7-13(20)8-10-14/h3-10H,2,11-12H2,1H3. The van der Waals surface area contributed by atoms with Gasteiger partial charge in [-0.15, -0.1) is 10.2 Å². The van der Waals surface area contributed by atoms with Gasteiger partial charge >= 0.3 is 0 Å². The number of halogens is 1. The summed E-state index contributed by atoms with van der Waals surface area (Å²) < 4.78 is 27.9. The number of rotatable bonds is 6. The number of hydrogen-bond donors (Lipinski definition) is 0. The molecule has 9 heteroatoms. The minimum absolute atomic E-state index is 0.0114. The van der Waals surface area contributed by atoms with E-state index in [2.05, 4.69) is 42.6 Å². The van der Waals surface area contributed by atoms with Crippen molar-refractivity contribution in [2.45, 2.75) is 23.5 Å². The van der Waals surface area contributed by atoms with E-state index in [1.807, 2.05) is 24.3 Å². The number of sulfone groups is 1. The Labute approximate surface area is 175 Å². The van der Waals surface area contributed by atoms with E-state index < -0.39 is 9.84 Å². The van der Waals surface area contributed by atoms with E-state index in [4.69, 9.17) is 0 Å². The molecule has 2 heterocycles. The van der Waals surface area contributed by atoms with Gasteiger partial charge in [0.15, 0.2) is 15.5 Å². The lowest BCUT2D eigenvalue weighted by molar-refractivity contribution is 0.597. The minimum atomic E-state index is -3.35. The van der Waals surface area contributed by atoms with Gasteiger partial charge in [-0.1, -0.05) is 45.9 Å². The molecule has 0 saturated heterocycles. The van der Waals surface area contributed by atoms with Crippen molar-refractivity contribution < 1.29 is 8.42 Å². The van der Waals surface area contributed by atoms with Crippen LogP contribution in [0.2, 0.25) is 0 Å². The topological polar surface area (TPSA) is 77.7 Å². The van der Waals surface area contributed by atoms with Gasteiger partial charge < -0.3 is 4.57 Å². The zero-order valence-electron chi connectivity index (χ0n) is 15.0. The molecule has 144 valence electrons. The fourth-order valence-corrected chi connectivity index (χ4v) is 5.77. The summed E-state index contributed by atoms with van der Waals surface area (Å²) in [6.07, 6.45) is 0. The van der Waals surface area contributed by atoms with Crippen molar-refractivity contribution in [1.82, 2.24) is 19.7 Å². The Bertz CT molecular complexity index is 1250. The Kier molecular flexibility index (Phi) is 5.39. The van der Waals surface area contributed by atoms with E-state index in [9.17, 15) is 8.42 Å². The first-order valence-electron chi connectivity index (χ1n) is 8.72. The number of thioether (sulfide) groups is 1. The normalized spacial score (nSPS) is 12.1. The summed E-state index contributed by atoms with van der Waals surface area (Å²) in [7, 11) is -3.35. The molecular formula is C19H17BrN4O2S2. The zero-order chi connectivity index (χ0) is 19.7. The number of aromatic nitrogens is 4. The lowest BCUT2D eigenvalue weighted by Crippen LogP contribution is -2.09. The average Bonchev–Trinajstić information content (AvgIpc) is 3.01. The lowest BCUT2D eigenvalue weighted by atomic mass is 10.2. The first-order chi connectivity index (χ1) is 13.5. The molecule has 28 heavy (non-hydrogen) atoms. The van der Waals surface area contributed by atoms with Crippen molar-refractivity contribution in [3.63, 3.8) is 0 Å². The van der Waals surface area contributed by atoms with Gasteiger partial charge in [-0.3, -0.25) is 0 Å². The molecule has 0 saturated carbocycles. The minimum Gasteiger partial charge on any atom is -0.324 e. The highest BCUT2D eigenvalue weighted by Crippen LogP contribution is 2.27. The second-order valence-electron chi connectivity index (χ2n) is 6.15. The van der Waals surface area contributed by atoms with Gasteiger partial charge in [0.2, 0.25) is 5.16 Å². The number of nitrogens with zero attached hydrogens (tertiary/aromatic N) is 4. The van der Waals surface area contributed by atoms with Gasteiger partial charge in [-0.05, 0) is 37.3 Å². The average molecular weight is 477 g/mol. The molecule has 0 amide bonds. The van der Waals surface area contributed by atoms with E-state index in [1.165, 1.54) is 11.8 Å². The molecule has 4 rings (SSSR count). The summed E-state index contributed by atoms with van der Waals surface area (Å²) in [4.78, 5) is 4.96. The maximum absolute atomic E-state index is 12.5. The fraction of sp³-hybridized carbons (Fsp3) is 0.211. The summed E-state index contributed by atoms with van der Waals surface area (Å²) in [5, 5.41) is 10.1. The van der Waals surface area contributed by atoms with E-state index in [0.717, 1.165) is 33.1 Å². The molecule has 0 fully saturated rings. The third-order valence-electron chi connectivity index (χ3n) is 4.43. The van der Waals surface area contributed by atoms with Crippen LogP contribution < -0.4 is 0 Å². The van der Waals surface area contributed by atoms with Crippen LogP contribution >= 0.6 is 27.7 Å². The highest BCUT2D eigenvalue weighted by molar-refractivity contribution is 9.10. The Morgan fingerprint density at radius 2 is 1.82 bits per heavy atom. The Balaban J connectivity index is 1.55. The summed E-state index contributed by atoms with van der Waals surface area (Å²) >= 11 is 4.62. The van der Waals surface area contributed by atoms with Crippen LogP contribution in [0, 0.1) is 0 Å². The fourth-order valence-electron chi connectivity index (χ4n) is 3.07. The number of hydrogen-bond acceptors (Lipinski definition) is 6. The van der Waals surface area contributed by atoms with Gasteiger partial charge in [0, 0.05) is 22.2 Å². The van der Waals surface area contributed by atoms with Crippen molar-refractivity contribution in [1.29, 1.82) is 0 Å². The van der Waals surface area contributed by atoms with Crippen molar-refractivity contribution in [3.8, 4) is 0 Å². The molecular weight excluding hydrogens is 460 g/mol. The highest BCUT2D eigenvalue weighted by atomic mass is 79.9. The quantitative estimate of drug-likeness (QED) is 0.385. The van der Waals surface area contributed by atoms with E-state index >= 15 is 0 Å². The molecule has 0 spiro atoms. The zero-order valence-corrected chi connectivity index (χ0v) is 18.3. The molecule has 0 aliphatic heterocycles. The molecule has 0 aliphatic carbocycles. The maximum Gasteiger partial charge on any atom is 0.211 e. The third kappa shape index (κ3) is 3.66. The molecule has 0 aliphatic rings. The van der Waals surface area contributed by atoms with Crippen LogP contribution in [0.3, 0.4) is 0 Å². The van der Waals surface area contributed by atoms with Crippen molar-refractivity contribution in [2.24, 2.45) is 0 Å². The molecule has 0 bridgehead atoms. The second kappa shape index (κ2) is 7.81. The van der Waals surface area contributed by atoms with Gasteiger partial charge in [0.05, 0.1) is 16.2 Å². The number of aryl methyl sites for hydroxylation is 1. The number of para-hydroxylation sites is 1. The molecule has 4 aromatic rings.